The average molecular weight is 347 g/mol. The van der Waals surface area contributed by atoms with Gasteiger partial charge in [0.05, 0.1) is 24.9 Å². The van der Waals surface area contributed by atoms with Gasteiger partial charge in [-0.25, -0.2) is 0 Å². The summed E-state index contributed by atoms with van der Waals surface area (Å²) in [5.74, 6) is 0.560. The maximum atomic E-state index is 12.2. The first-order valence-electron chi connectivity index (χ1n) is 7.63. The third-order valence-electron chi connectivity index (χ3n) is 3.55. The molecule has 0 radical (unpaired) electrons. The lowest BCUT2D eigenvalue weighted by Gasteiger charge is -2.12. The van der Waals surface area contributed by atoms with Crippen molar-refractivity contribution in [1.82, 2.24) is 5.16 Å². The minimum atomic E-state index is -0.295. The molecule has 25 heavy (non-hydrogen) atoms. The highest BCUT2D eigenvalue weighted by Crippen LogP contribution is 2.28. The zero-order chi connectivity index (χ0) is 18.4. The van der Waals surface area contributed by atoms with Crippen molar-refractivity contribution in [3.8, 4) is 5.75 Å². The Morgan fingerprint density at radius 1 is 1.16 bits per heavy atom. The van der Waals surface area contributed by atoms with Crippen LogP contribution < -0.4 is 15.4 Å². The third kappa shape index (κ3) is 4.80. The van der Waals surface area contributed by atoms with Crippen molar-refractivity contribution in [1.29, 1.82) is 0 Å². The number of methoxy groups -OCH3 is 2. The van der Waals surface area contributed by atoms with Gasteiger partial charge in [0.2, 0.25) is 11.8 Å². The van der Waals surface area contributed by atoms with Crippen LogP contribution in [0.4, 0.5) is 11.4 Å². The van der Waals surface area contributed by atoms with Gasteiger partial charge < -0.3 is 24.6 Å². The van der Waals surface area contributed by atoms with E-state index >= 15 is 0 Å². The molecule has 1 aromatic carbocycles. The number of hydrogen-bond donors (Lipinski definition) is 2. The molecule has 0 saturated carbocycles. The van der Waals surface area contributed by atoms with Crippen LogP contribution in [0.3, 0.4) is 0 Å². The molecule has 0 spiro atoms. The molecule has 1 heterocycles. The second-order valence-corrected chi connectivity index (χ2v) is 5.42. The van der Waals surface area contributed by atoms with Crippen molar-refractivity contribution in [2.75, 3.05) is 31.5 Å². The van der Waals surface area contributed by atoms with Crippen LogP contribution in [0.15, 0.2) is 22.7 Å². The third-order valence-corrected chi connectivity index (χ3v) is 3.55. The fourth-order valence-corrected chi connectivity index (χ4v) is 2.31. The smallest absolute Gasteiger partial charge is 0.250 e. The van der Waals surface area contributed by atoms with Crippen LogP contribution >= 0.6 is 0 Å². The molecule has 2 amide bonds. The molecule has 134 valence electrons. The highest BCUT2D eigenvalue weighted by Gasteiger charge is 2.14. The summed E-state index contributed by atoms with van der Waals surface area (Å²) in [6.07, 6.45) is 0.163. The maximum Gasteiger partial charge on any atom is 0.250 e. The fraction of sp³-hybridized carbons (Fsp3) is 0.353. The molecule has 0 saturated heterocycles. The summed E-state index contributed by atoms with van der Waals surface area (Å²) in [5.41, 5.74) is 2.51. The summed E-state index contributed by atoms with van der Waals surface area (Å²) in [5, 5.41) is 9.29. The SMILES string of the molecule is COCC(=O)Nc1ccc(NC(=O)Cc2c(C)noc2C)cc1OC. The maximum absolute atomic E-state index is 12.2. The second-order valence-electron chi connectivity index (χ2n) is 5.42. The van der Waals surface area contributed by atoms with Gasteiger partial charge in [-0.1, -0.05) is 5.16 Å². The molecule has 1 aromatic heterocycles. The molecule has 8 heteroatoms. The number of nitrogens with zero attached hydrogens (tertiary/aromatic N) is 1. The number of ether oxygens (including phenoxy) is 2. The van der Waals surface area contributed by atoms with Crippen LogP contribution in [-0.2, 0) is 20.7 Å². The van der Waals surface area contributed by atoms with Crippen LogP contribution in [0, 0.1) is 13.8 Å². The van der Waals surface area contributed by atoms with Crippen molar-refractivity contribution in [2.45, 2.75) is 20.3 Å². The standard InChI is InChI=1S/C17H21N3O5/c1-10-13(11(2)25-20-10)8-16(21)18-12-5-6-14(15(7-12)24-4)19-17(22)9-23-3/h5-7H,8-9H2,1-4H3,(H,18,21)(H,19,22). The summed E-state index contributed by atoms with van der Waals surface area (Å²) in [7, 11) is 2.92. The molecule has 0 aliphatic carbocycles. The summed E-state index contributed by atoms with van der Waals surface area (Å²) in [4.78, 5) is 23.8. The topological polar surface area (TPSA) is 103 Å². The lowest BCUT2D eigenvalue weighted by atomic mass is 10.1. The van der Waals surface area contributed by atoms with Crippen LogP contribution in [0.1, 0.15) is 17.0 Å². The number of anilines is 2. The Kier molecular flexibility index (Phi) is 6.13. The first kappa shape index (κ1) is 18.5. The van der Waals surface area contributed by atoms with Crippen molar-refractivity contribution in [3.63, 3.8) is 0 Å². The van der Waals surface area contributed by atoms with Crippen LogP contribution in [-0.4, -0.2) is 37.8 Å². The number of aryl methyl sites for hydroxylation is 2. The van der Waals surface area contributed by atoms with Crippen molar-refractivity contribution < 1.29 is 23.6 Å². The van der Waals surface area contributed by atoms with Gasteiger partial charge in [-0.05, 0) is 26.0 Å². The Morgan fingerprint density at radius 3 is 2.52 bits per heavy atom. The summed E-state index contributed by atoms with van der Waals surface area (Å²) < 4.78 is 15.1. The lowest BCUT2D eigenvalue weighted by molar-refractivity contribution is -0.119. The van der Waals surface area contributed by atoms with Gasteiger partial charge in [0, 0.05) is 24.4 Å². The zero-order valence-corrected chi connectivity index (χ0v) is 14.6. The van der Waals surface area contributed by atoms with Crippen molar-refractivity contribution in [2.24, 2.45) is 0 Å². The lowest BCUT2D eigenvalue weighted by Crippen LogP contribution is -2.18. The first-order valence-corrected chi connectivity index (χ1v) is 7.63. The molecule has 2 N–H and O–H groups in total. The van der Waals surface area contributed by atoms with Crippen LogP contribution in [0.25, 0.3) is 0 Å². The van der Waals surface area contributed by atoms with E-state index in [1.807, 2.05) is 0 Å². The number of carbonyl (C=O) groups excluding carboxylic acids is 2. The number of amides is 2. The summed E-state index contributed by atoms with van der Waals surface area (Å²) in [6, 6.07) is 4.96. The number of nitrogens with one attached hydrogen (secondary N) is 2. The van der Waals surface area contributed by atoms with Crippen molar-refractivity contribution >= 4 is 23.2 Å². The van der Waals surface area contributed by atoms with E-state index in [2.05, 4.69) is 15.8 Å². The minimum absolute atomic E-state index is 0.0565. The quantitative estimate of drug-likeness (QED) is 0.795. The van der Waals surface area contributed by atoms with Gasteiger partial charge in [-0.2, -0.15) is 0 Å². The summed E-state index contributed by atoms with van der Waals surface area (Å²) in [6.45, 7) is 3.50. The second kappa shape index (κ2) is 8.29. The number of rotatable bonds is 7. The Bertz CT molecular complexity index is 750. The van der Waals surface area contributed by atoms with E-state index in [9.17, 15) is 9.59 Å². The first-order chi connectivity index (χ1) is 11.9. The molecule has 8 nitrogen and oxygen atoms in total. The molecule has 2 aromatic rings. The normalized spacial score (nSPS) is 10.4. The molecule has 0 atom stereocenters. The van der Waals surface area contributed by atoms with E-state index in [1.54, 1.807) is 32.0 Å². The van der Waals surface area contributed by atoms with Gasteiger partial charge in [-0.3, -0.25) is 9.59 Å². The predicted molar refractivity (Wildman–Crippen MR) is 91.8 cm³/mol. The molecule has 0 fully saturated rings. The summed E-state index contributed by atoms with van der Waals surface area (Å²) >= 11 is 0. The van der Waals surface area contributed by atoms with Gasteiger partial charge in [-0.15, -0.1) is 0 Å². The monoisotopic (exact) mass is 347 g/mol. The van der Waals surface area contributed by atoms with E-state index < -0.39 is 0 Å². The van der Waals surface area contributed by atoms with Gasteiger partial charge in [0.1, 0.15) is 18.1 Å². The molecular formula is C17H21N3O5. The Balaban J connectivity index is 2.07. The fourth-order valence-electron chi connectivity index (χ4n) is 2.31. The number of hydrogen-bond acceptors (Lipinski definition) is 6. The Hall–Kier alpha value is -2.87. The Labute approximate surface area is 145 Å². The highest BCUT2D eigenvalue weighted by molar-refractivity contribution is 5.95. The molecular weight excluding hydrogens is 326 g/mol. The molecule has 0 aliphatic rings. The predicted octanol–water partition coefficient (Wildman–Crippen LogP) is 2.07. The molecule has 0 bridgehead atoms. The molecule has 2 rings (SSSR count). The van der Waals surface area contributed by atoms with Crippen molar-refractivity contribution in [3.05, 3.63) is 35.2 Å². The zero-order valence-electron chi connectivity index (χ0n) is 14.6. The van der Waals surface area contributed by atoms with Crippen LogP contribution in [0.5, 0.6) is 5.75 Å². The van der Waals surface area contributed by atoms with Gasteiger partial charge >= 0.3 is 0 Å². The van der Waals surface area contributed by atoms with Crippen LogP contribution in [0.2, 0.25) is 0 Å². The van der Waals surface area contributed by atoms with E-state index in [0.717, 1.165) is 5.56 Å². The Morgan fingerprint density at radius 2 is 1.92 bits per heavy atom. The minimum Gasteiger partial charge on any atom is -0.494 e. The van der Waals surface area contributed by atoms with Gasteiger partial charge in [0.25, 0.3) is 0 Å². The number of carbonyl (C=O) groups is 2. The van der Waals surface area contributed by atoms with E-state index in [4.69, 9.17) is 14.0 Å². The van der Waals surface area contributed by atoms with E-state index in [-0.39, 0.29) is 24.8 Å². The molecule has 0 aliphatic heterocycles. The van der Waals surface area contributed by atoms with E-state index in [1.165, 1.54) is 14.2 Å². The van der Waals surface area contributed by atoms with Gasteiger partial charge in [0.15, 0.2) is 0 Å². The van der Waals surface area contributed by atoms with E-state index in [0.29, 0.717) is 28.6 Å². The average Bonchev–Trinajstić information content (AvgIpc) is 2.88. The number of aromatic nitrogens is 1. The highest BCUT2D eigenvalue weighted by atomic mass is 16.5. The number of benzene rings is 1. The largest absolute Gasteiger partial charge is 0.494 e. The molecule has 0 unspecified atom stereocenters.